The van der Waals surface area contributed by atoms with Gasteiger partial charge in [-0.1, -0.05) is 48.4 Å². The molecule has 0 radical (unpaired) electrons. The first-order valence-electron chi connectivity index (χ1n) is 14.4. The monoisotopic (exact) mass is 547 g/mol. The van der Waals surface area contributed by atoms with Gasteiger partial charge in [0.05, 0.1) is 25.2 Å². The van der Waals surface area contributed by atoms with E-state index in [0.717, 1.165) is 84.3 Å². The molecule has 0 N–H and O–H groups in total. The normalized spacial score (nSPS) is 22.7. The summed E-state index contributed by atoms with van der Waals surface area (Å²) in [5.74, 6) is 1.11. The molecule has 6 rings (SSSR count). The van der Waals surface area contributed by atoms with Crippen molar-refractivity contribution in [2.24, 2.45) is 5.92 Å². The summed E-state index contributed by atoms with van der Waals surface area (Å²) in [6.07, 6.45) is 15.5. The molecule has 1 aliphatic heterocycles. The number of piperidine rings is 1. The maximum Gasteiger partial charge on any atom is 0.308 e. The lowest BCUT2D eigenvalue weighted by Gasteiger charge is -2.33. The summed E-state index contributed by atoms with van der Waals surface area (Å²) in [5, 5.41) is 11.0. The Bertz CT molecular complexity index is 1230. The zero-order chi connectivity index (χ0) is 26.6. The maximum absolute atomic E-state index is 11.8. The lowest BCUT2D eigenvalue weighted by atomic mass is 9.82. The first kappa shape index (κ1) is 26.3. The second kappa shape index (κ2) is 12.1. The molecule has 0 bridgehead atoms. The van der Waals surface area contributed by atoms with Crippen LogP contribution in [0.4, 0.5) is 5.95 Å². The Morgan fingerprint density at radius 1 is 0.821 bits per heavy atom. The van der Waals surface area contributed by atoms with Gasteiger partial charge in [0.15, 0.2) is 0 Å². The van der Waals surface area contributed by atoms with Gasteiger partial charge in [0, 0.05) is 42.5 Å². The van der Waals surface area contributed by atoms with Crippen molar-refractivity contribution in [1.29, 1.82) is 0 Å². The van der Waals surface area contributed by atoms with Gasteiger partial charge in [-0.15, -0.1) is 10.2 Å². The van der Waals surface area contributed by atoms with Crippen LogP contribution in [0.3, 0.4) is 0 Å². The SMILES string of the molecule is COC(=O)C1CCC(c2nnc(-c3ccc(-c4cnc(N5CCC(OC6CCCC6)CC5)nc4)cc3)s2)CC1. The predicted octanol–water partition coefficient (Wildman–Crippen LogP) is 6.04. The maximum atomic E-state index is 11.8. The lowest BCUT2D eigenvalue weighted by Crippen LogP contribution is -2.39. The number of rotatable bonds is 7. The molecule has 3 aliphatic rings. The van der Waals surface area contributed by atoms with E-state index >= 15 is 0 Å². The topological polar surface area (TPSA) is 90.3 Å². The molecule has 0 atom stereocenters. The van der Waals surface area contributed by atoms with Crippen LogP contribution in [0.15, 0.2) is 36.7 Å². The van der Waals surface area contributed by atoms with Crippen molar-refractivity contribution < 1.29 is 14.3 Å². The fourth-order valence-corrected chi connectivity index (χ4v) is 7.20. The molecule has 1 saturated heterocycles. The molecule has 2 saturated carbocycles. The van der Waals surface area contributed by atoms with Gasteiger partial charge in [-0.25, -0.2) is 9.97 Å². The Balaban J connectivity index is 1.03. The van der Waals surface area contributed by atoms with Crippen LogP contribution >= 0.6 is 11.3 Å². The first-order chi connectivity index (χ1) is 19.2. The molecule has 9 heteroatoms. The third-order valence-electron chi connectivity index (χ3n) is 8.57. The van der Waals surface area contributed by atoms with Crippen LogP contribution in [0, 0.1) is 5.92 Å². The Morgan fingerprint density at radius 2 is 1.46 bits per heavy atom. The minimum atomic E-state index is -0.0870. The van der Waals surface area contributed by atoms with E-state index in [1.54, 1.807) is 11.3 Å². The Kier molecular flexibility index (Phi) is 8.16. The number of methoxy groups -OCH3 is 1. The minimum absolute atomic E-state index is 0.0253. The van der Waals surface area contributed by atoms with Crippen molar-refractivity contribution in [1.82, 2.24) is 20.2 Å². The van der Waals surface area contributed by atoms with Crippen LogP contribution in [0.1, 0.15) is 75.1 Å². The standard InChI is InChI=1S/C30H37N5O3S/c1-37-29(36)23-12-10-22(11-13-23)28-34-33-27(39-28)21-8-6-20(7-9-21)24-18-31-30(32-19-24)35-16-14-26(15-17-35)38-25-4-2-3-5-25/h6-9,18-19,22-23,25-26H,2-5,10-17H2,1H3. The van der Waals surface area contributed by atoms with Gasteiger partial charge in [-0.3, -0.25) is 4.79 Å². The number of ether oxygens (including phenoxy) is 2. The van der Waals surface area contributed by atoms with Crippen molar-refractivity contribution in [3.8, 4) is 21.7 Å². The average Bonchev–Trinajstić information content (AvgIpc) is 3.71. The Labute approximate surface area is 234 Å². The molecule has 206 valence electrons. The summed E-state index contributed by atoms with van der Waals surface area (Å²) in [6, 6.07) is 8.39. The molecule has 39 heavy (non-hydrogen) atoms. The quantitative estimate of drug-likeness (QED) is 0.331. The summed E-state index contributed by atoms with van der Waals surface area (Å²) in [7, 11) is 1.47. The van der Waals surface area contributed by atoms with E-state index in [1.807, 2.05) is 12.4 Å². The molecule has 8 nitrogen and oxygen atoms in total. The minimum Gasteiger partial charge on any atom is -0.469 e. The Hall–Kier alpha value is -2.91. The smallest absolute Gasteiger partial charge is 0.308 e. The molecule has 1 aromatic carbocycles. The zero-order valence-corrected chi connectivity index (χ0v) is 23.4. The number of nitrogens with zero attached hydrogens (tertiary/aromatic N) is 5. The van der Waals surface area contributed by atoms with Crippen LogP contribution < -0.4 is 4.90 Å². The summed E-state index contributed by atoms with van der Waals surface area (Å²) >= 11 is 1.66. The third kappa shape index (κ3) is 6.14. The van der Waals surface area contributed by atoms with Gasteiger partial charge < -0.3 is 14.4 Å². The number of carbonyl (C=O) groups is 1. The first-order valence-corrected chi connectivity index (χ1v) is 15.2. The summed E-state index contributed by atoms with van der Waals surface area (Å²) < 4.78 is 11.2. The van der Waals surface area contributed by atoms with Crippen molar-refractivity contribution in [3.05, 3.63) is 41.7 Å². The molecular weight excluding hydrogens is 510 g/mol. The average molecular weight is 548 g/mol. The predicted molar refractivity (Wildman–Crippen MR) is 152 cm³/mol. The van der Waals surface area contributed by atoms with Crippen LogP contribution in [0.2, 0.25) is 0 Å². The van der Waals surface area contributed by atoms with Gasteiger partial charge in [-0.05, 0) is 56.9 Å². The highest BCUT2D eigenvalue weighted by molar-refractivity contribution is 7.14. The lowest BCUT2D eigenvalue weighted by molar-refractivity contribution is -0.146. The van der Waals surface area contributed by atoms with Gasteiger partial charge in [0.1, 0.15) is 10.0 Å². The van der Waals surface area contributed by atoms with E-state index in [9.17, 15) is 4.79 Å². The molecule has 0 unspecified atom stereocenters. The van der Waals surface area contributed by atoms with Crippen LogP contribution in [0.25, 0.3) is 21.7 Å². The highest BCUT2D eigenvalue weighted by atomic mass is 32.1. The molecule has 0 spiro atoms. The second-order valence-electron chi connectivity index (χ2n) is 11.1. The van der Waals surface area contributed by atoms with Crippen molar-refractivity contribution in [2.75, 3.05) is 25.1 Å². The number of esters is 1. The zero-order valence-electron chi connectivity index (χ0n) is 22.6. The fourth-order valence-electron chi connectivity index (χ4n) is 6.19. The molecule has 0 amide bonds. The third-order valence-corrected chi connectivity index (χ3v) is 9.70. The van der Waals surface area contributed by atoms with Crippen LogP contribution in [-0.2, 0) is 14.3 Å². The molecule has 2 aliphatic carbocycles. The van der Waals surface area contributed by atoms with Crippen LogP contribution in [0.5, 0.6) is 0 Å². The van der Waals surface area contributed by atoms with Crippen molar-refractivity contribution in [3.63, 3.8) is 0 Å². The summed E-state index contributed by atoms with van der Waals surface area (Å²) in [4.78, 5) is 23.5. The van der Waals surface area contributed by atoms with E-state index in [1.165, 1.54) is 32.8 Å². The number of anilines is 1. The molecule has 3 aromatic rings. The molecule has 3 heterocycles. The molecule has 3 fully saturated rings. The number of benzene rings is 1. The highest BCUT2D eigenvalue weighted by Gasteiger charge is 2.30. The van der Waals surface area contributed by atoms with Crippen molar-refractivity contribution >= 4 is 23.3 Å². The van der Waals surface area contributed by atoms with Crippen molar-refractivity contribution in [2.45, 2.75) is 82.3 Å². The number of aromatic nitrogens is 4. The van der Waals surface area contributed by atoms with E-state index in [-0.39, 0.29) is 11.9 Å². The van der Waals surface area contributed by atoms with Crippen LogP contribution in [-0.4, -0.2) is 58.5 Å². The number of hydrogen-bond acceptors (Lipinski definition) is 9. The molecule has 2 aromatic heterocycles. The van der Waals surface area contributed by atoms with Gasteiger partial charge in [-0.2, -0.15) is 0 Å². The van der Waals surface area contributed by atoms with Gasteiger partial charge in [0.25, 0.3) is 0 Å². The van der Waals surface area contributed by atoms with Gasteiger partial charge >= 0.3 is 5.97 Å². The number of carbonyl (C=O) groups excluding carboxylic acids is 1. The van der Waals surface area contributed by atoms with E-state index in [0.29, 0.717) is 18.1 Å². The summed E-state index contributed by atoms with van der Waals surface area (Å²) in [6.45, 7) is 1.89. The second-order valence-corrected chi connectivity index (χ2v) is 12.1. The molecular formula is C30H37N5O3S. The number of hydrogen-bond donors (Lipinski definition) is 0. The van der Waals surface area contributed by atoms with E-state index in [2.05, 4.69) is 49.3 Å². The summed E-state index contributed by atoms with van der Waals surface area (Å²) in [5.41, 5.74) is 3.15. The van der Waals surface area contributed by atoms with E-state index < -0.39 is 0 Å². The van der Waals surface area contributed by atoms with Gasteiger partial charge in [0.2, 0.25) is 5.95 Å². The highest BCUT2D eigenvalue weighted by Crippen LogP contribution is 2.39. The fraction of sp³-hybridized carbons (Fsp3) is 0.567. The Morgan fingerprint density at radius 3 is 2.13 bits per heavy atom. The largest absolute Gasteiger partial charge is 0.469 e. The van der Waals surface area contributed by atoms with E-state index in [4.69, 9.17) is 9.47 Å².